The van der Waals surface area contributed by atoms with Crippen molar-refractivity contribution < 1.29 is 18.7 Å². The van der Waals surface area contributed by atoms with E-state index in [2.05, 4.69) is 5.32 Å². The largest absolute Gasteiger partial charge is 0.463 e. The van der Waals surface area contributed by atoms with Gasteiger partial charge in [0.05, 0.1) is 17.2 Å². The molecule has 28 heavy (non-hydrogen) atoms. The lowest BCUT2D eigenvalue weighted by Gasteiger charge is -2.25. The van der Waals surface area contributed by atoms with Crippen LogP contribution in [0.3, 0.4) is 0 Å². The van der Waals surface area contributed by atoms with Crippen molar-refractivity contribution in [1.29, 1.82) is 0 Å². The van der Waals surface area contributed by atoms with E-state index >= 15 is 0 Å². The molecule has 146 valence electrons. The number of ether oxygens (including phenoxy) is 1. The summed E-state index contributed by atoms with van der Waals surface area (Å²) in [5.74, 6) is -0.867. The third-order valence-corrected chi connectivity index (χ3v) is 6.62. The zero-order chi connectivity index (χ0) is 19.7. The number of thioether (sulfide) groups is 1. The number of esters is 1. The molecule has 2 aromatic rings. The highest BCUT2D eigenvalue weighted by atomic mass is 32.2. The Kier molecular flexibility index (Phi) is 5.26. The molecule has 1 aliphatic carbocycles. The Morgan fingerprint density at radius 1 is 1.25 bits per heavy atom. The minimum absolute atomic E-state index is 0.0788. The Balaban J connectivity index is 1.66. The first-order chi connectivity index (χ1) is 13.6. The molecule has 1 aliphatic heterocycles. The normalized spacial score (nSPS) is 21.5. The van der Waals surface area contributed by atoms with Crippen molar-refractivity contribution in [1.82, 2.24) is 5.32 Å². The average Bonchev–Trinajstić information content (AvgIpc) is 3.05. The molecule has 1 saturated carbocycles. The van der Waals surface area contributed by atoms with Crippen molar-refractivity contribution in [3.8, 4) is 0 Å². The van der Waals surface area contributed by atoms with Crippen molar-refractivity contribution in [2.24, 2.45) is 5.92 Å². The Bertz CT molecular complexity index is 1020. The number of nitrogens with one attached hydrogen (secondary N) is 1. The molecule has 2 heterocycles. The number of carbonyl (C=O) groups excluding carboxylic acids is 2. The lowest BCUT2D eigenvalue weighted by molar-refractivity contribution is -0.139. The summed E-state index contributed by atoms with van der Waals surface area (Å²) in [6.07, 6.45) is 4.07. The van der Waals surface area contributed by atoms with Gasteiger partial charge in [0.2, 0.25) is 0 Å². The molecule has 2 atom stereocenters. The van der Waals surface area contributed by atoms with Crippen LogP contribution >= 0.6 is 11.8 Å². The number of benzene rings is 1. The van der Waals surface area contributed by atoms with Gasteiger partial charge in [0.25, 0.3) is 5.91 Å². The van der Waals surface area contributed by atoms with Crippen molar-refractivity contribution in [2.45, 2.75) is 37.9 Å². The number of fused-ring (bicyclic) bond motifs is 2. The van der Waals surface area contributed by atoms with E-state index in [1.165, 1.54) is 17.8 Å². The molecule has 1 fully saturated rings. The first-order valence-corrected chi connectivity index (χ1v) is 10.4. The maximum atomic E-state index is 12.8. The number of rotatable bonds is 4. The summed E-state index contributed by atoms with van der Waals surface area (Å²) in [6.45, 7) is 2.04. The smallest absolute Gasteiger partial charge is 0.349 e. The van der Waals surface area contributed by atoms with Gasteiger partial charge >= 0.3 is 11.6 Å². The predicted octanol–water partition coefficient (Wildman–Crippen LogP) is 3.60. The first-order valence-electron chi connectivity index (χ1n) is 9.50. The van der Waals surface area contributed by atoms with E-state index in [9.17, 15) is 14.4 Å². The first kappa shape index (κ1) is 18.8. The van der Waals surface area contributed by atoms with Gasteiger partial charge in [-0.1, -0.05) is 31.0 Å². The molecule has 7 heteroatoms. The molecule has 0 unspecified atom stereocenters. The molecule has 1 aromatic carbocycles. The van der Waals surface area contributed by atoms with E-state index in [0.29, 0.717) is 21.6 Å². The monoisotopic (exact) mass is 399 g/mol. The highest BCUT2D eigenvalue weighted by molar-refractivity contribution is 8.04. The van der Waals surface area contributed by atoms with Gasteiger partial charge in [-0.25, -0.2) is 9.59 Å². The molecule has 1 amide bonds. The molecular weight excluding hydrogens is 378 g/mol. The summed E-state index contributed by atoms with van der Waals surface area (Å²) >= 11 is 1.50. The van der Waals surface area contributed by atoms with Crippen LogP contribution in [0.2, 0.25) is 0 Å². The maximum absolute atomic E-state index is 12.8. The van der Waals surface area contributed by atoms with Crippen LogP contribution in [0, 0.1) is 5.92 Å². The third-order valence-electron chi connectivity index (χ3n) is 5.20. The minimum Gasteiger partial charge on any atom is -0.463 e. The number of hydrogen-bond donors (Lipinski definition) is 1. The molecular formula is C21H21NO5S. The van der Waals surface area contributed by atoms with Crippen LogP contribution in [-0.4, -0.2) is 23.7 Å². The number of amides is 1. The standard InChI is InChI=1S/C21H21NO5S/c1-2-26-21(25)17-13-8-4-6-10-16(13)28-19(17)22-18(23)14-11-12-7-3-5-9-15(12)27-20(14)24/h3,5,7,9,11,13,16H,2,4,6,8,10H2,1H3,(H,22,23)/t13-,16-/m0/s1. The van der Waals surface area contributed by atoms with Gasteiger partial charge in [0.1, 0.15) is 11.1 Å². The van der Waals surface area contributed by atoms with E-state index in [4.69, 9.17) is 9.15 Å². The van der Waals surface area contributed by atoms with Gasteiger partial charge in [-0.2, -0.15) is 0 Å². The second kappa shape index (κ2) is 7.83. The third kappa shape index (κ3) is 3.46. The van der Waals surface area contributed by atoms with Crippen LogP contribution in [-0.2, 0) is 9.53 Å². The Labute approximate surface area is 166 Å². The highest BCUT2D eigenvalue weighted by Gasteiger charge is 2.41. The van der Waals surface area contributed by atoms with Gasteiger partial charge in [-0.3, -0.25) is 4.79 Å². The lowest BCUT2D eigenvalue weighted by Crippen LogP contribution is -2.28. The van der Waals surface area contributed by atoms with E-state index < -0.39 is 11.5 Å². The lowest BCUT2D eigenvalue weighted by atomic mass is 9.84. The van der Waals surface area contributed by atoms with Gasteiger partial charge in [0.15, 0.2) is 0 Å². The van der Waals surface area contributed by atoms with E-state index in [1.54, 1.807) is 25.1 Å². The summed E-state index contributed by atoms with van der Waals surface area (Å²) in [6, 6.07) is 8.55. The summed E-state index contributed by atoms with van der Waals surface area (Å²) in [4.78, 5) is 37.6. The highest BCUT2D eigenvalue weighted by Crippen LogP contribution is 2.48. The summed E-state index contributed by atoms with van der Waals surface area (Å²) in [7, 11) is 0. The van der Waals surface area contributed by atoms with Crippen LogP contribution in [0.4, 0.5) is 0 Å². The van der Waals surface area contributed by atoms with Gasteiger partial charge in [0, 0.05) is 16.6 Å². The van der Waals surface area contributed by atoms with Gasteiger partial charge in [-0.05, 0) is 31.9 Å². The van der Waals surface area contributed by atoms with Crippen LogP contribution in [0.1, 0.15) is 43.0 Å². The average molecular weight is 399 g/mol. The Hall–Kier alpha value is -2.54. The molecule has 1 aromatic heterocycles. The topological polar surface area (TPSA) is 85.6 Å². The van der Waals surface area contributed by atoms with Gasteiger partial charge < -0.3 is 14.5 Å². The fourth-order valence-corrected chi connectivity index (χ4v) is 5.43. The van der Waals surface area contributed by atoms with Crippen LogP contribution in [0.15, 0.2) is 50.1 Å². The van der Waals surface area contributed by atoms with Crippen molar-refractivity contribution >= 4 is 34.6 Å². The van der Waals surface area contributed by atoms with E-state index in [0.717, 1.165) is 25.7 Å². The molecule has 0 bridgehead atoms. The fraction of sp³-hybridized carbons (Fsp3) is 0.381. The number of hydrogen-bond acceptors (Lipinski definition) is 6. The molecule has 0 spiro atoms. The summed E-state index contributed by atoms with van der Waals surface area (Å²) < 4.78 is 10.5. The van der Waals surface area contributed by atoms with Crippen LogP contribution < -0.4 is 10.9 Å². The molecule has 4 rings (SSSR count). The zero-order valence-electron chi connectivity index (χ0n) is 15.5. The van der Waals surface area contributed by atoms with Crippen LogP contribution in [0.25, 0.3) is 11.0 Å². The quantitative estimate of drug-likeness (QED) is 0.624. The molecule has 6 nitrogen and oxygen atoms in total. The summed E-state index contributed by atoms with van der Waals surface area (Å²) in [5.41, 5.74) is 0.187. The zero-order valence-corrected chi connectivity index (χ0v) is 16.3. The maximum Gasteiger partial charge on any atom is 0.349 e. The second-order valence-electron chi connectivity index (χ2n) is 6.95. The molecule has 1 N–H and O–H groups in total. The van der Waals surface area contributed by atoms with Crippen molar-refractivity contribution in [3.63, 3.8) is 0 Å². The number of carbonyl (C=O) groups is 2. The Morgan fingerprint density at radius 3 is 2.86 bits per heavy atom. The Morgan fingerprint density at radius 2 is 2.04 bits per heavy atom. The van der Waals surface area contributed by atoms with E-state index in [1.807, 2.05) is 6.07 Å². The minimum atomic E-state index is -0.699. The van der Waals surface area contributed by atoms with Crippen molar-refractivity contribution in [2.75, 3.05) is 6.61 Å². The molecule has 0 saturated heterocycles. The van der Waals surface area contributed by atoms with Gasteiger partial charge in [-0.15, -0.1) is 11.8 Å². The number of para-hydroxylation sites is 1. The molecule has 2 aliphatic rings. The summed E-state index contributed by atoms with van der Waals surface area (Å²) in [5, 5.41) is 4.22. The van der Waals surface area contributed by atoms with Crippen molar-refractivity contribution in [3.05, 3.63) is 56.9 Å². The fourth-order valence-electron chi connectivity index (χ4n) is 3.89. The molecule has 0 radical (unpaired) electrons. The predicted molar refractivity (Wildman–Crippen MR) is 107 cm³/mol. The van der Waals surface area contributed by atoms with Crippen LogP contribution in [0.5, 0.6) is 0 Å². The SMILES string of the molecule is CCOC(=O)C1=C(NC(=O)c2cc3ccccc3oc2=O)S[C@H]2CCCC[C@H]12. The second-order valence-corrected chi connectivity index (χ2v) is 8.20. The van der Waals surface area contributed by atoms with E-state index in [-0.39, 0.29) is 29.3 Å².